The lowest BCUT2D eigenvalue weighted by Gasteiger charge is -2.00. The molecule has 3 N–H and O–H groups in total. The minimum absolute atomic E-state index is 0.113. The number of anilines is 1. The van der Waals surface area contributed by atoms with Gasteiger partial charge in [-0.15, -0.1) is 0 Å². The van der Waals surface area contributed by atoms with E-state index in [1.54, 1.807) is 0 Å². The highest BCUT2D eigenvalue weighted by Crippen LogP contribution is 2.20. The summed E-state index contributed by atoms with van der Waals surface area (Å²) in [6.45, 7) is 0. The first-order valence-electron chi connectivity index (χ1n) is 2.74. The van der Waals surface area contributed by atoms with E-state index in [1.165, 1.54) is 0 Å². The molecule has 12 heavy (non-hydrogen) atoms. The number of carboxylic acids is 1. The Kier molecular flexibility index (Phi) is 2.63. The largest absolute Gasteiger partial charge is 0.476 e. The Morgan fingerprint density at radius 2 is 1.83 bits per heavy atom. The van der Waals surface area contributed by atoms with E-state index in [0.29, 0.717) is 9.21 Å². The fraction of sp³-hybridized carbons (Fsp3) is 0. The minimum atomic E-state index is -1.20. The van der Waals surface area contributed by atoms with Gasteiger partial charge >= 0.3 is 5.97 Å². The van der Waals surface area contributed by atoms with Gasteiger partial charge in [0.25, 0.3) is 0 Å². The molecule has 1 heterocycles. The number of hydrogen-bond donors (Lipinski definition) is 2. The lowest BCUT2D eigenvalue weighted by atomic mass is 10.4. The smallest absolute Gasteiger partial charge is 0.358 e. The van der Waals surface area contributed by atoms with E-state index in [2.05, 4.69) is 41.8 Å². The normalized spacial score (nSPS) is 9.83. The van der Waals surface area contributed by atoms with Crippen LogP contribution in [-0.4, -0.2) is 21.0 Å². The zero-order valence-electron chi connectivity index (χ0n) is 5.58. The Morgan fingerprint density at radius 1 is 1.33 bits per heavy atom. The van der Waals surface area contributed by atoms with E-state index in [4.69, 9.17) is 10.8 Å². The fourth-order valence-corrected chi connectivity index (χ4v) is 1.11. The van der Waals surface area contributed by atoms with Crippen LogP contribution in [0.3, 0.4) is 0 Å². The van der Waals surface area contributed by atoms with Crippen molar-refractivity contribution in [2.75, 3.05) is 5.73 Å². The van der Waals surface area contributed by atoms with Gasteiger partial charge in [0.2, 0.25) is 0 Å². The molecule has 0 amide bonds. The molecule has 0 saturated heterocycles. The van der Waals surface area contributed by atoms with E-state index in [0.717, 1.165) is 0 Å². The number of rotatable bonds is 1. The summed E-state index contributed by atoms with van der Waals surface area (Å²) in [6, 6.07) is 0. The molecule has 5 nitrogen and oxygen atoms in total. The molecule has 1 rings (SSSR count). The van der Waals surface area contributed by atoms with Crippen molar-refractivity contribution in [2.24, 2.45) is 0 Å². The lowest BCUT2D eigenvalue weighted by Crippen LogP contribution is -2.08. The average Bonchev–Trinajstić information content (AvgIpc) is 1.96. The van der Waals surface area contributed by atoms with Gasteiger partial charge in [0, 0.05) is 0 Å². The van der Waals surface area contributed by atoms with Crippen molar-refractivity contribution in [1.82, 2.24) is 9.97 Å². The van der Waals surface area contributed by atoms with Crippen molar-refractivity contribution in [3.8, 4) is 0 Å². The van der Waals surface area contributed by atoms with Crippen molar-refractivity contribution in [1.29, 1.82) is 0 Å². The van der Waals surface area contributed by atoms with Crippen LogP contribution in [0.25, 0.3) is 0 Å². The number of carbonyl (C=O) groups is 1. The van der Waals surface area contributed by atoms with Gasteiger partial charge in [-0.05, 0) is 31.9 Å². The third kappa shape index (κ3) is 1.72. The highest BCUT2D eigenvalue weighted by molar-refractivity contribution is 9.13. The van der Waals surface area contributed by atoms with Crippen molar-refractivity contribution < 1.29 is 9.90 Å². The molecule has 7 heteroatoms. The first kappa shape index (κ1) is 9.40. The number of aromatic nitrogens is 2. The summed E-state index contributed by atoms with van der Waals surface area (Å²) >= 11 is 6.04. The molecule has 0 fully saturated rings. The first-order valence-corrected chi connectivity index (χ1v) is 4.32. The lowest BCUT2D eigenvalue weighted by molar-refractivity contribution is 0.0691. The third-order valence-electron chi connectivity index (χ3n) is 1.04. The molecule has 0 spiro atoms. The maximum Gasteiger partial charge on any atom is 0.358 e. The summed E-state index contributed by atoms with van der Waals surface area (Å²) in [6.07, 6.45) is 0. The predicted molar refractivity (Wildman–Crippen MR) is 48.8 cm³/mol. The fourth-order valence-electron chi connectivity index (χ4n) is 0.564. The molecule has 0 aliphatic rings. The van der Waals surface area contributed by atoms with Crippen LogP contribution >= 0.6 is 31.9 Å². The molecule has 0 radical (unpaired) electrons. The summed E-state index contributed by atoms with van der Waals surface area (Å²) < 4.78 is 0.694. The van der Waals surface area contributed by atoms with E-state index >= 15 is 0 Å². The number of nitrogens with two attached hydrogens (primary N) is 1. The molecule has 64 valence electrons. The standard InChI is InChI=1S/C5H3Br2N3O2/c6-2-3(7)10-4(8)1(9-2)5(11)12/h(H2,8,10)(H,11,12). The summed E-state index contributed by atoms with van der Waals surface area (Å²) in [5.41, 5.74) is 5.03. The monoisotopic (exact) mass is 295 g/mol. The predicted octanol–water partition coefficient (Wildman–Crippen LogP) is 1.28. The van der Waals surface area contributed by atoms with E-state index in [-0.39, 0.29) is 11.5 Å². The number of halogens is 2. The number of carboxylic acid groups (broad SMARTS) is 1. The van der Waals surface area contributed by atoms with Crippen LogP contribution in [0.2, 0.25) is 0 Å². The molecule has 0 aliphatic heterocycles. The van der Waals surface area contributed by atoms with Gasteiger partial charge in [-0.2, -0.15) is 0 Å². The molecular formula is C5H3Br2N3O2. The molecule has 0 atom stereocenters. The van der Waals surface area contributed by atoms with Crippen LogP contribution in [0.4, 0.5) is 5.82 Å². The zero-order chi connectivity index (χ0) is 9.30. The van der Waals surface area contributed by atoms with Crippen LogP contribution in [0.15, 0.2) is 9.21 Å². The third-order valence-corrected chi connectivity index (χ3v) is 2.68. The number of nitrogen functional groups attached to an aromatic ring is 1. The van der Waals surface area contributed by atoms with E-state index in [1.807, 2.05) is 0 Å². The highest BCUT2D eigenvalue weighted by Gasteiger charge is 2.13. The highest BCUT2D eigenvalue weighted by atomic mass is 79.9. The Bertz CT molecular complexity index is 342. The van der Waals surface area contributed by atoms with Crippen LogP contribution in [0.5, 0.6) is 0 Å². The molecular weight excluding hydrogens is 294 g/mol. The number of hydrogen-bond acceptors (Lipinski definition) is 4. The van der Waals surface area contributed by atoms with Crippen LogP contribution in [0.1, 0.15) is 10.5 Å². The quantitative estimate of drug-likeness (QED) is 0.815. The Labute approximate surface area is 84.3 Å². The first-order chi connectivity index (χ1) is 5.52. The molecule has 0 bridgehead atoms. The Hall–Kier alpha value is -0.690. The SMILES string of the molecule is Nc1nc(Br)c(Br)nc1C(=O)O. The van der Waals surface area contributed by atoms with E-state index in [9.17, 15) is 4.79 Å². The van der Waals surface area contributed by atoms with Crippen LogP contribution < -0.4 is 5.73 Å². The molecule has 0 aliphatic carbocycles. The zero-order valence-corrected chi connectivity index (χ0v) is 8.76. The van der Waals surface area contributed by atoms with Gasteiger partial charge in [0.15, 0.2) is 11.5 Å². The maximum atomic E-state index is 10.5. The Morgan fingerprint density at radius 3 is 2.33 bits per heavy atom. The number of aromatic carboxylic acids is 1. The van der Waals surface area contributed by atoms with Crippen molar-refractivity contribution in [2.45, 2.75) is 0 Å². The molecule has 1 aromatic rings. The molecule has 0 saturated carbocycles. The molecule has 1 aromatic heterocycles. The van der Waals surface area contributed by atoms with Gasteiger partial charge in [0.05, 0.1) is 0 Å². The maximum absolute atomic E-state index is 10.5. The van der Waals surface area contributed by atoms with E-state index < -0.39 is 5.97 Å². The second-order valence-corrected chi connectivity index (χ2v) is 3.35. The van der Waals surface area contributed by atoms with Crippen LogP contribution in [-0.2, 0) is 0 Å². The average molecular weight is 297 g/mol. The topological polar surface area (TPSA) is 89.1 Å². The second kappa shape index (κ2) is 3.36. The molecule has 0 aromatic carbocycles. The Balaban J connectivity index is 3.33. The summed E-state index contributed by atoms with van der Waals surface area (Å²) in [5.74, 6) is -1.31. The van der Waals surface area contributed by atoms with Crippen molar-refractivity contribution in [3.05, 3.63) is 14.9 Å². The van der Waals surface area contributed by atoms with Gasteiger partial charge in [-0.3, -0.25) is 0 Å². The van der Waals surface area contributed by atoms with Crippen molar-refractivity contribution in [3.63, 3.8) is 0 Å². The van der Waals surface area contributed by atoms with Gasteiger partial charge in [-0.25, -0.2) is 14.8 Å². The number of nitrogens with zero attached hydrogens (tertiary/aromatic N) is 2. The van der Waals surface area contributed by atoms with Gasteiger partial charge in [-0.1, -0.05) is 0 Å². The van der Waals surface area contributed by atoms with Gasteiger partial charge in [0.1, 0.15) is 9.21 Å². The minimum Gasteiger partial charge on any atom is -0.476 e. The summed E-state index contributed by atoms with van der Waals surface area (Å²) in [4.78, 5) is 17.8. The summed E-state index contributed by atoms with van der Waals surface area (Å²) in [5, 5.41) is 8.56. The summed E-state index contributed by atoms with van der Waals surface area (Å²) in [7, 11) is 0. The van der Waals surface area contributed by atoms with Crippen LogP contribution in [0, 0.1) is 0 Å². The van der Waals surface area contributed by atoms with Gasteiger partial charge < -0.3 is 10.8 Å². The molecule has 0 unspecified atom stereocenters. The second-order valence-electron chi connectivity index (χ2n) is 1.84. The van der Waals surface area contributed by atoms with Crippen molar-refractivity contribution >= 4 is 43.6 Å².